The zero-order chi connectivity index (χ0) is 14.0. The molecule has 0 spiro atoms. The fourth-order valence-corrected chi connectivity index (χ4v) is 2.20. The van der Waals surface area contributed by atoms with Crippen molar-refractivity contribution in [3.8, 4) is 5.75 Å². The van der Waals surface area contributed by atoms with Gasteiger partial charge in [0.15, 0.2) is 5.75 Å². The molecule has 0 fully saturated rings. The summed E-state index contributed by atoms with van der Waals surface area (Å²) in [5.41, 5.74) is 0.507. The minimum absolute atomic E-state index is 0.219. The number of rotatable bonds is 2. The number of anilines is 1. The van der Waals surface area contributed by atoms with Crippen LogP contribution in [-0.2, 0) is 9.59 Å². The topological polar surface area (TPSA) is 55.4 Å². The summed E-state index contributed by atoms with van der Waals surface area (Å²) in [6.45, 7) is 2.73. The second-order valence-corrected chi connectivity index (χ2v) is 4.99. The molecule has 0 aliphatic heterocycles. The van der Waals surface area contributed by atoms with E-state index in [1.165, 1.54) is 13.8 Å². The van der Waals surface area contributed by atoms with Crippen molar-refractivity contribution in [3.63, 3.8) is 0 Å². The van der Waals surface area contributed by atoms with E-state index in [2.05, 4.69) is 21.2 Å². The third-order valence-corrected chi connectivity index (χ3v) is 2.99. The Morgan fingerprint density at radius 2 is 1.89 bits per heavy atom. The van der Waals surface area contributed by atoms with Crippen molar-refractivity contribution >= 4 is 44.3 Å². The second kappa shape index (κ2) is 5.40. The highest BCUT2D eigenvalue weighted by atomic mass is 79.9. The Bertz CT molecular complexity index is 667. The number of halogens is 1. The maximum Gasteiger partial charge on any atom is 0.308 e. The summed E-state index contributed by atoms with van der Waals surface area (Å²) in [4.78, 5) is 22.4. The number of carbonyl (C=O) groups is 2. The van der Waals surface area contributed by atoms with Crippen LogP contribution in [0.1, 0.15) is 13.8 Å². The molecule has 0 unspecified atom stereocenters. The molecule has 2 aromatic rings. The van der Waals surface area contributed by atoms with Crippen molar-refractivity contribution in [3.05, 3.63) is 34.8 Å². The summed E-state index contributed by atoms with van der Waals surface area (Å²) < 4.78 is 6.06. The van der Waals surface area contributed by atoms with E-state index >= 15 is 0 Å². The molecule has 98 valence electrons. The van der Waals surface area contributed by atoms with Gasteiger partial charge in [0, 0.05) is 23.7 Å². The van der Waals surface area contributed by atoms with Crippen molar-refractivity contribution in [1.82, 2.24) is 0 Å². The van der Waals surface area contributed by atoms with Gasteiger partial charge in [-0.15, -0.1) is 0 Å². The quantitative estimate of drug-likeness (QED) is 0.680. The number of fused-ring (bicyclic) bond motifs is 1. The van der Waals surface area contributed by atoms with Gasteiger partial charge in [-0.2, -0.15) is 0 Å². The molecule has 19 heavy (non-hydrogen) atoms. The van der Waals surface area contributed by atoms with Crippen LogP contribution in [0.2, 0.25) is 0 Å². The molecule has 0 aliphatic carbocycles. The first kappa shape index (κ1) is 13.5. The van der Waals surface area contributed by atoms with Crippen LogP contribution in [0.5, 0.6) is 5.75 Å². The van der Waals surface area contributed by atoms with E-state index in [9.17, 15) is 9.59 Å². The number of nitrogens with one attached hydrogen (secondary N) is 1. The van der Waals surface area contributed by atoms with Crippen LogP contribution < -0.4 is 10.1 Å². The summed E-state index contributed by atoms with van der Waals surface area (Å²) >= 11 is 3.39. The highest BCUT2D eigenvalue weighted by Gasteiger charge is 2.12. The normalized spacial score (nSPS) is 10.3. The molecular formula is C14H12BrNO3. The molecule has 5 heteroatoms. The minimum Gasteiger partial charge on any atom is -0.424 e. The van der Waals surface area contributed by atoms with Crippen LogP contribution in [0.4, 0.5) is 5.69 Å². The predicted molar refractivity (Wildman–Crippen MR) is 77.3 cm³/mol. The van der Waals surface area contributed by atoms with E-state index in [1.807, 2.05) is 24.3 Å². The Balaban J connectivity index is 2.65. The summed E-state index contributed by atoms with van der Waals surface area (Å²) in [5.74, 6) is -0.301. The van der Waals surface area contributed by atoms with Crippen molar-refractivity contribution in [2.24, 2.45) is 0 Å². The first-order chi connectivity index (χ1) is 8.97. The molecule has 0 aromatic heterocycles. The van der Waals surface area contributed by atoms with Gasteiger partial charge in [-0.1, -0.05) is 28.1 Å². The van der Waals surface area contributed by atoms with Gasteiger partial charge in [-0.25, -0.2) is 0 Å². The van der Waals surface area contributed by atoms with E-state index < -0.39 is 5.97 Å². The Hall–Kier alpha value is -1.88. The van der Waals surface area contributed by atoms with Crippen molar-refractivity contribution in [2.75, 3.05) is 5.32 Å². The summed E-state index contributed by atoms with van der Waals surface area (Å²) in [7, 11) is 0. The average Bonchev–Trinajstić information content (AvgIpc) is 2.31. The molecule has 0 aliphatic rings. The lowest BCUT2D eigenvalue weighted by molar-refractivity contribution is -0.131. The number of carbonyl (C=O) groups excluding carboxylic acids is 2. The highest BCUT2D eigenvalue weighted by Crippen LogP contribution is 2.34. The van der Waals surface area contributed by atoms with E-state index in [4.69, 9.17) is 4.74 Å². The zero-order valence-electron chi connectivity index (χ0n) is 10.5. The van der Waals surface area contributed by atoms with E-state index in [1.54, 1.807) is 6.07 Å². The number of hydrogen-bond donors (Lipinski definition) is 1. The van der Waals surface area contributed by atoms with Gasteiger partial charge in [0.05, 0.1) is 5.69 Å². The average molecular weight is 322 g/mol. The Morgan fingerprint density at radius 1 is 1.16 bits per heavy atom. The molecule has 2 aromatic carbocycles. The maximum atomic E-state index is 11.3. The Kier molecular flexibility index (Phi) is 3.85. The summed E-state index contributed by atoms with van der Waals surface area (Å²) in [5, 5.41) is 4.47. The molecule has 2 rings (SSSR count). The molecule has 0 saturated carbocycles. The third-order valence-electron chi connectivity index (χ3n) is 2.50. The standard InChI is InChI=1S/C14H12BrNO3/c1-8(17)16-14-12-5-4-11(15)7-10(12)3-6-13(14)19-9(2)18/h3-7H,1-2H3,(H,16,17). The fourth-order valence-electron chi connectivity index (χ4n) is 1.83. The number of ether oxygens (including phenoxy) is 1. The van der Waals surface area contributed by atoms with Gasteiger partial charge in [-0.05, 0) is 23.6 Å². The van der Waals surface area contributed by atoms with Crippen LogP contribution in [0.3, 0.4) is 0 Å². The predicted octanol–water partition coefficient (Wildman–Crippen LogP) is 3.49. The molecule has 4 nitrogen and oxygen atoms in total. The number of benzene rings is 2. The third kappa shape index (κ3) is 3.12. The van der Waals surface area contributed by atoms with Crippen LogP contribution in [-0.4, -0.2) is 11.9 Å². The zero-order valence-corrected chi connectivity index (χ0v) is 12.1. The molecule has 0 atom stereocenters. The lowest BCUT2D eigenvalue weighted by Gasteiger charge is -2.12. The van der Waals surface area contributed by atoms with E-state index in [0.29, 0.717) is 11.4 Å². The smallest absolute Gasteiger partial charge is 0.308 e. The largest absolute Gasteiger partial charge is 0.424 e. The van der Waals surface area contributed by atoms with Gasteiger partial charge < -0.3 is 10.1 Å². The summed E-state index contributed by atoms with van der Waals surface area (Å²) in [6, 6.07) is 9.16. The van der Waals surface area contributed by atoms with Crippen LogP contribution in [0.25, 0.3) is 10.8 Å². The highest BCUT2D eigenvalue weighted by molar-refractivity contribution is 9.10. The number of amides is 1. The van der Waals surface area contributed by atoms with Crippen molar-refractivity contribution < 1.29 is 14.3 Å². The molecule has 0 bridgehead atoms. The van der Waals surface area contributed by atoms with Crippen molar-refractivity contribution in [1.29, 1.82) is 0 Å². The molecule has 0 heterocycles. The first-order valence-corrected chi connectivity index (χ1v) is 6.45. The van der Waals surface area contributed by atoms with E-state index in [-0.39, 0.29) is 5.91 Å². The molecule has 0 saturated heterocycles. The lowest BCUT2D eigenvalue weighted by atomic mass is 10.1. The monoisotopic (exact) mass is 321 g/mol. The van der Waals surface area contributed by atoms with Crippen LogP contribution >= 0.6 is 15.9 Å². The Morgan fingerprint density at radius 3 is 2.53 bits per heavy atom. The van der Waals surface area contributed by atoms with Crippen LogP contribution in [0, 0.1) is 0 Å². The van der Waals surface area contributed by atoms with Gasteiger partial charge in [0.2, 0.25) is 5.91 Å². The van der Waals surface area contributed by atoms with Gasteiger partial charge in [0.25, 0.3) is 0 Å². The molecule has 0 radical (unpaired) electrons. The minimum atomic E-state index is -0.428. The molecule has 1 amide bonds. The Labute approximate surface area is 118 Å². The van der Waals surface area contributed by atoms with Crippen LogP contribution in [0.15, 0.2) is 34.8 Å². The maximum absolute atomic E-state index is 11.3. The first-order valence-electron chi connectivity index (χ1n) is 5.65. The van der Waals surface area contributed by atoms with E-state index in [0.717, 1.165) is 15.2 Å². The fraction of sp³-hybridized carbons (Fsp3) is 0.143. The van der Waals surface area contributed by atoms with Gasteiger partial charge in [-0.3, -0.25) is 9.59 Å². The lowest BCUT2D eigenvalue weighted by Crippen LogP contribution is -2.10. The molecule has 1 N–H and O–H groups in total. The molecular weight excluding hydrogens is 310 g/mol. The number of esters is 1. The SMILES string of the molecule is CC(=O)Nc1c(OC(C)=O)ccc2cc(Br)ccc12. The van der Waals surface area contributed by atoms with Crippen molar-refractivity contribution in [2.45, 2.75) is 13.8 Å². The number of hydrogen-bond acceptors (Lipinski definition) is 3. The second-order valence-electron chi connectivity index (χ2n) is 4.08. The van der Waals surface area contributed by atoms with Gasteiger partial charge >= 0.3 is 5.97 Å². The van der Waals surface area contributed by atoms with Gasteiger partial charge in [0.1, 0.15) is 0 Å². The summed E-state index contributed by atoms with van der Waals surface area (Å²) in [6.07, 6.45) is 0.